The first-order chi connectivity index (χ1) is 7.25. The number of nitrogens with one attached hydrogen (secondary N) is 3. The number of rotatable bonds is 2. The number of hydrogen-bond donors (Lipinski definition) is 3. The second-order valence-corrected chi connectivity index (χ2v) is 4.82. The van der Waals surface area contributed by atoms with Crippen LogP contribution in [0.25, 0.3) is 0 Å². The summed E-state index contributed by atoms with van der Waals surface area (Å²) in [5.41, 5.74) is 0. The van der Waals surface area contributed by atoms with Crippen LogP contribution < -0.4 is 16.0 Å². The molecule has 0 aromatic carbocycles. The van der Waals surface area contributed by atoms with E-state index in [4.69, 9.17) is 0 Å². The summed E-state index contributed by atoms with van der Waals surface area (Å²) in [6, 6.07) is -0.0707. The Hall–Kier alpha value is -0.750. The van der Waals surface area contributed by atoms with Gasteiger partial charge in [0.05, 0.1) is 0 Å². The van der Waals surface area contributed by atoms with Crippen molar-refractivity contribution in [3.05, 3.63) is 0 Å². The minimum Gasteiger partial charge on any atom is -0.351 e. The first kappa shape index (κ1) is 10.8. The van der Waals surface area contributed by atoms with Crippen molar-refractivity contribution in [3.8, 4) is 0 Å². The monoisotopic (exact) mass is 229 g/mol. The van der Waals surface area contributed by atoms with E-state index in [1.165, 1.54) is 11.8 Å². The average Bonchev–Trinajstić information content (AvgIpc) is 2.66. The SMILES string of the molecule is O=C1N[C@H](C(=O)NC2CCNCC2)CS1. The van der Waals surface area contributed by atoms with Crippen LogP contribution in [0.3, 0.4) is 0 Å². The van der Waals surface area contributed by atoms with Gasteiger partial charge in [-0.3, -0.25) is 9.59 Å². The third-order valence-electron chi connectivity index (χ3n) is 2.68. The first-order valence-electron chi connectivity index (χ1n) is 5.20. The Balaban J connectivity index is 1.78. The Kier molecular flexibility index (Phi) is 3.48. The van der Waals surface area contributed by atoms with Crippen molar-refractivity contribution in [1.29, 1.82) is 0 Å². The van der Waals surface area contributed by atoms with Crippen LogP contribution in [0.5, 0.6) is 0 Å². The van der Waals surface area contributed by atoms with E-state index >= 15 is 0 Å². The standard InChI is InChI=1S/C9H15N3O2S/c13-8(7-5-15-9(14)12-7)11-6-1-3-10-4-2-6/h6-7,10H,1-5H2,(H,11,13)(H,12,14)/t7-/m0/s1. The quantitative estimate of drug-likeness (QED) is 0.607. The molecule has 1 atom stereocenters. The smallest absolute Gasteiger partial charge is 0.279 e. The van der Waals surface area contributed by atoms with E-state index in [0.29, 0.717) is 5.75 Å². The van der Waals surface area contributed by atoms with E-state index in [9.17, 15) is 9.59 Å². The molecule has 3 N–H and O–H groups in total. The lowest BCUT2D eigenvalue weighted by molar-refractivity contribution is -0.123. The predicted octanol–water partition coefficient (Wildman–Crippen LogP) is -0.320. The Labute approximate surface area is 92.7 Å². The zero-order valence-corrected chi connectivity index (χ0v) is 9.23. The predicted molar refractivity (Wildman–Crippen MR) is 58.8 cm³/mol. The van der Waals surface area contributed by atoms with Gasteiger partial charge in [0.25, 0.3) is 5.24 Å². The van der Waals surface area contributed by atoms with E-state index in [-0.39, 0.29) is 23.2 Å². The Bertz CT molecular complexity index is 266. The van der Waals surface area contributed by atoms with Gasteiger partial charge in [-0.05, 0) is 25.9 Å². The lowest BCUT2D eigenvalue weighted by atomic mass is 10.1. The molecule has 0 spiro atoms. The summed E-state index contributed by atoms with van der Waals surface area (Å²) in [5.74, 6) is 0.510. The number of piperidine rings is 1. The van der Waals surface area contributed by atoms with Crippen molar-refractivity contribution in [2.75, 3.05) is 18.8 Å². The van der Waals surface area contributed by atoms with Crippen molar-refractivity contribution in [3.63, 3.8) is 0 Å². The van der Waals surface area contributed by atoms with Crippen LogP contribution >= 0.6 is 11.8 Å². The topological polar surface area (TPSA) is 70.2 Å². The molecule has 0 unspecified atom stereocenters. The maximum Gasteiger partial charge on any atom is 0.279 e. The molecule has 2 saturated heterocycles. The molecule has 5 nitrogen and oxygen atoms in total. The van der Waals surface area contributed by atoms with Crippen LogP contribution in [0.2, 0.25) is 0 Å². The second kappa shape index (κ2) is 4.85. The fourth-order valence-corrected chi connectivity index (χ4v) is 2.57. The molecule has 0 saturated carbocycles. The highest BCUT2D eigenvalue weighted by Crippen LogP contribution is 2.13. The van der Waals surface area contributed by atoms with Crippen LogP contribution in [-0.4, -0.2) is 42.1 Å². The van der Waals surface area contributed by atoms with E-state index in [2.05, 4.69) is 16.0 Å². The third-order valence-corrected chi connectivity index (χ3v) is 3.56. The first-order valence-corrected chi connectivity index (χ1v) is 6.18. The third kappa shape index (κ3) is 2.85. The van der Waals surface area contributed by atoms with Gasteiger partial charge < -0.3 is 16.0 Å². The Morgan fingerprint density at radius 2 is 2.13 bits per heavy atom. The molecule has 0 aromatic heterocycles. The highest BCUT2D eigenvalue weighted by atomic mass is 32.2. The van der Waals surface area contributed by atoms with Crippen molar-refractivity contribution in [1.82, 2.24) is 16.0 Å². The average molecular weight is 229 g/mol. The highest BCUT2D eigenvalue weighted by molar-refractivity contribution is 8.14. The van der Waals surface area contributed by atoms with Crippen LogP contribution in [0, 0.1) is 0 Å². The summed E-state index contributed by atoms with van der Waals surface area (Å²) in [6.07, 6.45) is 1.94. The summed E-state index contributed by atoms with van der Waals surface area (Å²) in [7, 11) is 0. The van der Waals surface area contributed by atoms with Gasteiger partial charge in [-0.25, -0.2) is 0 Å². The Morgan fingerprint density at radius 3 is 2.73 bits per heavy atom. The molecule has 0 aliphatic carbocycles. The molecule has 15 heavy (non-hydrogen) atoms. The van der Waals surface area contributed by atoms with Crippen LogP contribution in [-0.2, 0) is 4.79 Å². The molecule has 6 heteroatoms. The van der Waals surface area contributed by atoms with Crippen molar-refractivity contribution < 1.29 is 9.59 Å². The molecule has 84 valence electrons. The van der Waals surface area contributed by atoms with Crippen LogP contribution in [0.1, 0.15) is 12.8 Å². The van der Waals surface area contributed by atoms with Gasteiger partial charge in [0.2, 0.25) is 5.91 Å². The summed E-state index contributed by atoms with van der Waals surface area (Å²) < 4.78 is 0. The second-order valence-electron chi connectivity index (χ2n) is 3.83. The van der Waals surface area contributed by atoms with Gasteiger partial charge in [0.1, 0.15) is 6.04 Å². The van der Waals surface area contributed by atoms with E-state index in [0.717, 1.165) is 25.9 Å². The molecule has 2 aliphatic rings. The minimum absolute atomic E-state index is 0.0414. The van der Waals surface area contributed by atoms with Crippen LogP contribution in [0.4, 0.5) is 4.79 Å². The molecule has 2 fully saturated rings. The van der Waals surface area contributed by atoms with Crippen LogP contribution in [0.15, 0.2) is 0 Å². The van der Waals surface area contributed by atoms with Crippen molar-refractivity contribution in [2.24, 2.45) is 0 Å². The van der Waals surface area contributed by atoms with Crippen molar-refractivity contribution >= 4 is 22.9 Å². The molecule has 2 aliphatic heterocycles. The van der Waals surface area contributed by atoms with Crippen molar-refractivity contribution in [2.45, 2.75) is 24.9 Å². The molecule has 2 heterocycles. The number of hydrogen-bond acceptors (Lipinski definition) is 4. The molecule has 2 rings (SSSR count). The maximum absolute atomic E-state index is 11.7. The maximum atomic E-state index is 11.7. The molecule has 0 bridgehead atoms. The largest absolute Gasteiger partial charge is 0.351 e. The van der Waals surface area contributed by atoms with E-state index in [1.807, 2.05) is 0 Å². The van der Waals surface area contributed by atoms with Gasteiger partial charge in [-0.1, -0.05) is 11.8 Å². The van der Waals surface area contributed by atoms with E-state index < -0.39 is 0 Å². The molecular weight excluding hydrogens is 214 g/mol. The highest BCUT2D eigenvalue weighted by Gasteiger charge is 2.29. The normalized spacial score (nSPS) is 27.5. The van der Waals surface area contributed by atoms with Gasteiger partial charge in [-0.15, -0.1) is 0 Å². The summed E-state index contributed by atoms with van der Waals surface area (Å²) in [5, 5.41) is 8.76. The minimum atomic E-state index is -0.336. The zero-order valence-electron chi connectivity index (χ0n) is 8.41. The molecule has 0 aromatic rings. The summed E-state index contributed by atoms with van der Waals surface area (Å²) >= 11 is 1.17. The fraction of sp³-hybridized carbons (Fsp3) is 0.778. The fourth-order valence-electron chi connectivity index (χ4n) is 1.79. The lowest BCUT2D eigenvalue weighted by Crippen LogP contribution is -2.49. The van der Waals surface area contributed by atoms with Gasteiger partial charge >= 0.3 is 0 Å². The summed E-state index contributed by atoms with van der Waals surface area (Å²) in [4.78, 5) is 22.6. The Morgan fingerprint density at radius 1 is 1.40 bits per heavy atom. The number of amides is 2. The number of thioether (sulfide) groups is 1. The molecular formula is C9H15N3O2S. The molecule has 0 radical (unpaired) electrons. The van der Waals surface area contributed by atoms with Gasteiger partial charge in [-0.2, -0.15) is 0 Å². The lowest BCUT2D eigenvalue weighted by Gasteiger charge is -2.24. The number of carbonyl (C=O) groups is 2. The van der Waals surface area contributed by atoms with E-state index in [1.54, 1.807) is 0 Å². The number of carbonyl (C=O) groups excluding carboxylic acids is 2. The van der Waals surface area contributed by atoms with Gasteiger partial charge in [0.15, 0.2) is 0 Å². The molecule has 2 amide bonds. The zero-order chi connectivity index (χ0) is 10.7. The summed E-state index contributed by atoms with van der Waals surface area (Å²) in [6.45, 7) is 1.91. The van der Waals surface area contributed by atoms with Gasteiger partial charge in [0, 0.05) is 11.8 Å².